The van der Waals surface area contributed by atoms with E-state index in [0.29, 0.717) is 24.5 Å². The standard InChI is InChI=1S/C9H12N6O/c1-14-8(4-12-13-14)9(16)7-5-15(3-2-10)6-11-7/h4-6H,2-3,10H2,1H3. The maximum absolute atomic E-state index is 11.9. The van der Waals surface area contributed by atoms with E-state index in [2.05, 4.69) is 15.3 Å². The molecule has 7 nitrogen and oxygen atoms in total. The zero-order chi connectivity index (χ0) is 11.5. The van der Waals surface area contributed by atoms with E-state index in [0.717, 1.165) is 0 Å². The van der Waals surface area contributed by atoms with Gasteiger partial charge in [0.2, 0.25) is 5.78 Å². The fourth-order valence-electron chi connectivity index (χ4n) is 1.38. The van der Waals surface area contributed by atoms with Gasteiger partial charge >= 0.3 is 0 Å². The molecular weight excluding hydrogens is 208 g/mol. The number of carbonyl (C=O) groups excluding carboxylic acids is 1. The van der Waals surface area contributed by atoms with Crippen LogP contribution in [-0.2, 0) is 13.6 Å². The van der Waals surface area contributed by atoms with Gasteiger partial charge in [-0.2, -0.15) is 0 Å². The third kappa shape index (κ3) is 1.84. The number of rotatable bonds is 4. The van der Waals surface area contributed by atoms with Gasteiger partial charge in [0.15, 0.2) is 0 Å². The second-order valence-electron chi connectivity index (χ2n) is 3.36. The van der Waals surface area contributed by atoms with Crippen molar-refractivity contribution in [2.24, 2.45) is 12.8 Å². The van der Waals surface area contributed by atoms with Crippen LogP contribution in [-0.4, -0.2) is 36.9 Å². The first-order chi connectivity index (χ1) is 7.72. The van der Waals surface area contributed by atoms with Crippen molar-refractivity contribution in [1.82, 2.24) is 24.5 Å². The van der Waals surface area contributed by atoms with Crippen molar-refractivity contribution in [3.8, 4) is 0 Å². The molecule has 0 aliphatic carbocycles. The van der Waals surface area contributed by atoms with Gasteiger partial charge in [0.05, 0.1) is 12.5 Å². The van der Waals surface area contributed by atoms with Crippen molar-refractivity contribution < 1.29 is 4.79 Å². The predicted molar refractivity (Wildman–Crippen MR) is 55.7 cm³/mol. The Hall–Kier alpha value is -2.02. The summed E-state index contributed by atoms with van der Waals surface area (Å²) in [6.07, 6.45) is 4.68. The molecule has 2 heterocycles. The molecule has 0 amide bonds. The lowest BCUT2D eigenvalue weighted by molar-refractivity contribution is 0.102. The predicted octanol–water partition coefficient (Wildman–Crippen LogP) is -0.799. The number of aromatic nitrogens is 5. The van der Waals surface area contributed by atoms with Gasteiger partial charge in [-0.1, -0.05) is 5.21 Å². The molecule has 0 bridgehead atoms. The van der Waals surface area contributed by atoms with Crippen molar-refractivity contribution in [3.63, 3.8) is 0 Å². The topological polar surface area (TPSA) is 91.6 Å². The molecule has 0 radical (unpaired) electrons. The molecule has 7 heteroatoms. The zero-order valence-corrected chi connectivity index (χ0v) is 8.87. The minimum absolute atomic E-state index is 0.191. The summed E-state index contributed by atoms with van der Waals surface area (Å²) in [6, 6.07) is 0. The van der Waals surface area contributed by atoms with Gasteiger partial charge < -0.3 is 10.3 Å². The van der Waals surface area contributed by atoms with Crippen molar-refractivity contribution in [3.05, 3.63) is 30.1 Å². The summed E-state index contributed by atoms with van der Waals surface area (Å²) in [7, 11) is 1.66. The highest BCUT2D eigenvalue weighted by molar-refractivity contribution is 6.06. The number of nitrogens with two attached hydrogens (primary N) is 1. The van der Waals surface area contributed by atoms with Crippen LogP contribution < -0.4 is 5.73 Å². The summed E-state index contributed by atoms with van der Waals surface area (Å²) in [5, 5.41) is 7.35. The van der Waals surface area contributed by atoms with Gasteiger partial charge in [0.25, 0.3) is 0 Å². The Bertz CT molecular complexity index is 500. The van der Waals surface area contributed by atoms with Crippen molar-refractivity contribution >= 4 is 5.78 Å². The number of ketones is 1. The molecule has 0 aromatic carbocycles. The first kappa shape index (κ1) is 10.5. The van der Waals surface area contributed by atoms with E-state index in [1.807, 2.05) is 0 Å². The molecule has 0 fully saturated rings. The van der Waals surface area contributed by atoms with Crippen LogP contribution >= 0.6 is 0 Å². The van der Waals surface area contributed by atoms with Crippen molar-refractivity contribution in [2.45, 2.75) is 6.54 Å². The Kier molecular flexibility index (Phi) is 2.78. The van der Waals surface area contributed by atoms with E-state index in [4.69, 9.17) is 5.73 Å². The molecule has 0 saturated heterocycles. The fraction of sp³-hybridized carbons (Fsp3) is 0.333. The molecule has 0 unspecified atom stereocenters. The zero-order valence-electron chi connectivity index (χ0n) is 8.87. The summed E-state index contributed by atoms with van der Waals surface area (Å²) < 4.78 is 3.20. The Morgan fingerprint density at radius 3 is 3.00 bits per heavy atom. The largest absolute Gasteiger partial charge is 0.335 e. The summed E-state index contributed by atoms with van der Waals surface area (Å²) in [6.45, 7) is 1.15. The maximum atomic E-state index is 11.9. The van der Waals surface area contributed by atoms with Crippen molar-refractivity contribution in [1.29, 1.82) is 0 Å². The van der Waals surface area contributed by atoms with Crippen LogP contribution in [0.15, 0.2) is 18.7 Å². The van der Waals surface area contributed by atoms with Crippen molar-refractivity contribution in [2.75, 3.05) is 6.54 Å². The van der Waals surface area contributed by atoms with Gasteiger partial charge in [-0.15, -0.1) is 5.10 Å². The molecule has 2 aromatic rings. The third-order valence-corrected chi connectivity index (χ3v) is 2.20. The van der Waals surface area contributed by atoms with Crippen LogP contribution in [0.2, 0.25) is 0 Å². The Balaban J connectivity index is 2.24. The highest BCUT2D eigenvalue weighted by Crippen LogP contribution is 2.05. The highest BCUT2D eigenvalue weighted by atomic mass is 16.1. The van der Waals surface area contributed by atoms with E-state index in [9.17, 15) is 4.79 Å². The van der Waals surface area contributed by atoms with E-state index in [1.54, 1.807) is 24.1 Å². The summed E-state index contributed by atoms with van der Waals surface area (Å²) in [5.41, 5.74) is 6.20. The second kappa shape index (κ2) is 4.23. The minimum atomic E-state index is -0.191. The molecule has 0 aliphatic heterocycles. The van der Waals surface area contributed by atoms with Crippen LogP contribution in [0.3, 0.4) is 0 Å². The average molecular weight is 220 g/mol. The van der Waals surface area contributed by atoms with Gasteiger partial charge in [-0.05, 0) is 0 Å². The molecule has 0 saturated carbocycles. The first-order valence-corrected chi connectivity index (χ1v) is 4.83. The quantitative estimate of drug-likeness (QED) is 0.681. The number of hydrogen-bond donors (Lipinski definition) is 1. The second-order valence-corrected chi connectivity index (χ2v) is 3.36. The van der Waals surface area contributed by atoms with Crippen LogP contribution in [0, 0.1) is 0 Å². The third-order valence-electron chi connectivity index (χ3n) is 2.20. The highest BCUT2D eigenvalue weighted by Gasteiger charge is 2.15. The van der Waals surface area contributed by atoms with Gasteiger partial charge in [-0.3, -0.25) is 4.79 Å². The molecule has 2 N–H and O–H groups in total. The van der Waals surface area contributed by atoms with E-state index in [1.165, 1.54) is 10.9 Å². The average Bonchev–Trinajstić information content (AvgIpc) is 2.87. The molecule has 0 aliphatic rings. The molecule has 0 atom stereocenters. The Morgan fingerprint density at radius 1 is 1.56 bits per heavy atom. The number of aryl methyl sites for hydroxylation is 1. The van der Waals surface area contributed by atoms with E-state index < -0.39 is 0 Å². The monoisotopic (exact) mass is 220 g/mol. The maximum Gasteiger partial charge on any atom is 0.232 e. The summed E-state index contributed by atoms with van der Waals surface area (Å²) in [4.78, 5) is 16.0. The number of imidazole rings is 1. The SMILES string of the molecule is Cn1nncc1C(=O)c1cn(CCN)cn1. The van der Waals surface area contributed by atoms with Crippen LogP contribution in [0.25, 0.3) is 0 Å². The number of nitrogens with zero attached hydrogens (tertiary/aromatic N) is 5. The Labute approximate surface area is 91.9 Å². The van der Waals surface area contributed by atoms with E-state index in [-0.39, 0.29) is 5.78 Å². The normalized spacial score (nSPS) is 10.6. The van der Waals surface area contributed by atoms with Gasteiger partial charge in [-0.25, -0.2) is 9.67 Å². The van der Waals surface area contributed by atoms with Gasteiger partial charge in [0.1, 0.15) is 11.4 Å². The molecule has 2 aromatic heterocycles. The minimum Gasteiger partial charge on any atom is -0.335 e. The summed E-state index contributed by atoms with van der Waals surface area (Å²) in [5.74, 6) is -0.191. The molecule has 16 heavy (non-hydrogen) atoms. The van der Waals surface area contributed by atoms with Crippen LogP contribution in [0.5, 0.6) is 0 Å². The Morgan fingerprint density at radius 2 is 2.38 bits per heavy atom. The molecular formula is C9H12N6O. The number of hydrogen-bond acceptors (Lipinski definition) is 5. The summed E-state index contributed by atoms with van der Waals surface area (Å²) >= 11 is 0. The van der Waals surface area contributed by atoms with Crippen LogP contribution in [0.1, 0.15) is 16.2 Å². The smallest absolute Gasteiger partial charge is 0.232 e. The van der Waals surface area contributed by atoms with E-state index >= 15 is 0 Å². The van der Waals surface area contributed by atoms with Crippen LogP contribution in [0.4, 0.5) is 0 Å². The lowest BCUT2D eigenvalue weighted by Crippen LogP contribution is -2.09. The molecule has 0 spiro atoms. The van der Waals surface area contributed by atoms with Gasteiger partial charge in [0, 0.05) is 26.3 Å². The molecule has 84 valence electrons. The molecule has 2 rings (SSSR count). The number of carbonyl (C=O) groups is 1. The lowest BCUT2D eigenvalue weighted by Gasteiger charge is -1.97. The lowest BCUT2D eigenvalue weighted by atomic mass is 10.2. The first-order valence-electron chi connectivity index (χ1n) is 4.83. The fourth-order valence-corrected chi connectivity index (χ4v) is 1.38.